The number of nitriles is 1. The van der Waals surface area contributed by atoms with Crippen molar-refractivity contribution in [2.45, 2.75) is 18.8 Å². The maximum absolute atomic E-state index is 12.1. The van der Waals surface area contributed by atoms with Crippen LogP contribution in [0.1, 0.15) is 28.7 Å². The lowest BCUT2D eigenvalue weighted by Gasteiger charge is -2.05. The number of amides is 1. The summed E-state index contributed by atoms with van der Waals surface area (Å²) in [6, 6.07) is 15.1. The molecule has 31 heavy (non-hydrogen) atoms. The Hall–Kier alpha value is -3.84. The minimum absolute atomic E-state index is 0.0672. The lowest BCUT2D eigenvalue weighted by molar-refractivity contribution is -0.113. The van der Waals surface area contributed by atoms with Crippen molar-refractivity contribution in [2.24, 2.45) is 0 Å². The van der Waals surface area contributed by atoms with Gasteiger partial charge in [0.25, 0.3) is 11.1 Å². The highest BCUT2D eigenvalue weighted by molar-refractivity contribution is 7.99. The lowest BCUT2D eigenvalue weighted by Crippen LogP contribution is -2.14. The van der Waals surface area contributed by atoms with Crippen molar-refractivity contribution in [1.29, 1.82) is 5.26 Å². The third kappa shape index (κ3) is 6.58. The summed E-state index contributed by atoms with van der Waals surface area (Å²) < 4.78 is 15.9. The largest absolute Gasteiger partial charge is 0.484 e. The Morgan fingerprint density at radius 3 is 2.55 bits per heavy atom. The van der Waals surface area contributed by atoms with E-state index in [9.17, 15) is 9.59 Å². The zero-order valence-corrected chi connectivity index (χ0v) is 17.3. The SMILES string of the molecule is CCOC(=O)c1ccc(NC(=O)CSc2nnc(COc3ccc(C#N)cc3)o2)cc1. The molecule has 158 valence electrons. The summed E-state index contributed by atoms with van der Waals surface area (Å²) in [6.07, 6.45) is 0. The predicted octanol–water partition coefficient (Wildman–Crippen LogP) is 3.43. The van der Waals surface area contributed by atoms with E-state index >= 15 is 0 Å². The first kappa shape index (κ1) is 21.9. The van der Waals surface area contributed by atoms with Crippen LogP contribution in [0.15, 0.2) is 58.2 Å². The van der Waals surface area contributed by atoms with Gasteiger partial charge < -0.3 is 19.2 Å². The van der Waals surface area contributed by atoms with Crippen LogP contribution < -0.4 is 10.1 Å². The standard InChI is InChI=1S/C21H18N4O5S/c1-2-28-20(27)15-5-7-16(8-6-15)23-18(26)13-31-21-25-24-19(30-21)12-29-17-9-3-14(11-22)4-10-17/h3-10H,2,12-13H2,1H3,(H,23,26). The fraction of sp³-hybridized carbons (Fsp3) is 0.190. The molecule has 3 aromatic rings. The van der Waals surface area contributed by atoms with Crippen LogP contribution in [-0.4, -0.2) is 34.4 Å². The molecule has 1 amide bonds. The fourth-order valence-corrected chi connectivity index (χ4v) is 2.93. The van der Waals surface area contributed by atoms with Crippen molar-refractivity contribution < 1.29 is 23.5 Å². The number of hydrogen-bond acceptors (Lipinski definition) is 9. The number of anilines is 1. The minimum Gasteiger partial charge on any atom is -0.484 e. The third-order valence-electron chi connectivity index (χ3n) is 3.80. The quantitative estimate of drug-likeness (QED) is 0.395. The Morgan fingerprint density at radius 2 is 1.87 bits per heavy atom. The molecule has 3 rings (SSSR count). The number of aromatic nitrogens is 2. The molecule has 0 atom stereocenters. The molecule has 0 saturated heterocycles. The van der Waals surface area contributed by atoms with Gasteiger partial charge in [-0.05, 0) is 55.5 Å². The van der Waals surface area contributed by atoms with Gasteiger partial charge >= 0.3 is 5.97 Å². The number of benzene rings is 2. The minimum atomic E-state index is -0.411. The summed E-state index contributed by atoms with van der Waals surface area (Å²) in [6.45, 7) is 2.10. The molecular weight excluding hydrogens is 420 g/mol. The van der Waals surface area contributed by atoms with E-state index in [1.807, 2.05) is 6.07 Å². The Balaban J connectivity index is 1.43. The smallest absolute Gasteiger partial charge is 0.338 e. The van der Waals surface area contributed by atoms with Gasteiger partial charge in [0.15, 0.2) is 6.61 Å². The molecule has 0 aliphatic carbocycles. The molecule has 1 N–H and O–H groups in total. The lowest BCUT2D eigenvalue weighted by atomic mass is 10.2. The molecule has 0 unspecified atom stereocenters. The van der Waals surface area contributed by atoms with Crippen LogP contribution in [0.3, 0.4) is 0 Å². The molecule has 0 bridgehead atoms. The van der Waals surface area contributed by atoms with Crippen molar-refractivity contribution in [1.82, 2.24) is 10.2 Å². The first-order valence-corrected chi connectivity index (χ1v) is 10.2. The number of carbonyl (C=O) groups is 2. The number of hydrogen-bond donors (Lipinski definition) is 1. The zero-order valence-electron chi connectivity index (χ0n) is 16.5. The van der Waals surface area contributed by atoms with Crippen molar-refractivity contribution in [3.05, 3.63) is 65.5 Å². The normalized spacial score (nSPS) is 10.2. The highest BCUT2D eigenvalue weighted by Crippen LogP contribution is 2.19. The molecule has 2 aromatic carbocycles. The molecule has 10 heteroatoms. The van der Waals surface area contributed by atoms with Crippen LogP contribution in [0, 0.1) is 11.3 Å². The maximum atomic E-state index is 12.1. The molecule has 0 aliphatic heterocycles. The molecular formula is C21H18N4O5S. The van der Waals surface area contributed by atoms with Gasteiger partial charge in [0.2, 0.25) is 5.91 Å². The Bertz CT molecular complexity index is 1070. The van der Waals surface area contributed by atoms with Crippen molar-refractivity contribution in [2.75, 3.05) is 17.7 Å². The number of rotatable bonds is 9. The second-order valence-corrected chi connectivity index (χ2v) is 6.95. The predicted molar refractivity (Wildman–Crippen MR) is 112 cm³/mol. The van der Waals surface area contributed by atoms with Gasteiger partial charge in [-0.2, -0.15) is 5.26 Å². The second kappa shape index (κ2) is 10.8. The van der Waals surface area contributed by atoms with E-state index in [0.717, 1.165) is 11.8 Å². The Labute approximate surface area is 182 Å². The molecule has 0 aliphatic rings. The second-order valence-electron chi connectivity index (χ2n) is 6.02. The zero-order chi connectivity index (χ0) is 22.1. The molecule has 0 radical (unpaired) electrons. The summed E-state index contributed by atoms with van der Waals surface area (Å²) >= 11 is 1.09. The van der Waals surface area contributed by atoms with E-state index in [2.05, 4.69) is 15.5 Å². The topological polar surface area (TPSA) is 127 Å². The van der Waals surface area contributed by atoms with Crippen LogP contribution >= 0.6 is 11.8 Å². The van der Waals surface area contributed by atoms with Crippen LogP contribution in [0.25, 0.3) is 0 Å². The average molecular weight is 438 g/mol. The van der Waals surface area contributed by atoms with E-state index in [1.54, 1.807) is 55.5 Å². The van der Waals surface area contributed by atoms with Crippen molar-refractivity contribution in [3.63, 3.8) is 0 Å². The van der Waals surface area contributed by atoms with E-state index in [0.29, 0.717) is 29.2 Å². The molecule has 9 nitrogen and oxygen atoms in total. The van der Waals surface area contributed by atoms with Crippen molar-refractivity contribution >= 4 is 29.3 Å². The fourth-order valence-electron chi connectivity index (χ4n) is 2.35. The third-order valence-corrected chi connectivity index (χ3v) is 4.62. The van der Waals surface area contributed by atoms with Gasteiger partial charge in [-0.25, -0.2) is 4.79 Å². The van der Waals surface area contributed by atoms with Crippen LogP contribution in [0.5, 0.6) is 5.75 Å². The highest BCUT2D eigenvalue weighted by atomic mass is 32.2. The van der Waals surface area contributed by atoms with E-state index in [1.165, 1.54) is 0 Å². The van der Waals surface area contributed by atoms with Crippen LogP contribution in [0.4, 0.5) is 5.69 Å². The van der Waals surface area contributed by atoms with Crippen LogP contribution in [0.2, 0.25) is 0 Å². The highest BCUT2D eigenvalue weighted by Gasteiger charge is 2.11. The number of nitrogens with one attached hydrogen (secondary N) is 1. The first-order valence-electron chi connectivity index (χ1n) is 9.22. The van der Waals surface area contributed by atoms with Gasteiger partial charge in [-0.1, -0.05) is 11.8 Å². The molecule has 1 heterocycles. The molecule has 1 aromatic heterocycles. The number of nitrogens with zero attached hydrogens (tertiary/aromatic N) is 3. The van der Waals surface area contributed by atoms with Gasteiger partial charge in [0.1, 0.15) is 5.75 Å². The first-order chi connectivity index (χ1) is 15.1. The van der Waals surface area contributed by atoms with E-state index in [4.69, 9.17) is 19.2 Å². The number of carbonyl (C=O) groups excluding carboxylic acids is 2. The van der Waals surface area contributed by atoms with E-state index in [-0.39, 0.29) is 29.4 Å². The summed E-state index contributed by atoms with van der Waals surface area (Å²) in [5.41, 5.74) is 1.51. The van der Waals surface area contributed by atoms with Gasteiger partial charge in [0, 0.05) is 5.69 Å². The number of ether oxygens (including phenoxy) is 2. The molecule has 0 spiro atoms. The summed E-state index contributed by atoms with van der Waals surface area (Å²) in [5.74, 6) is 0.230. The average Bonchev–Trinajstić information content (AvgIpc) is 3.25. The molecule has 0 saturated carbocycles. The number of thioether (sulfide) groups is 1. The van der Waals surface area contributed by atoms with Gasteiger partial charge in [0.05, 0.1) is 29.6 Å². The molecule has 0 fully saturated rings. The maximum Gasteiger partial charge on any atom is 0.338 e. The summed E-state index contributed by atoms with van der Waals surface area (Å²) in [7, 11) is 0. The van der Waals surface area contributed by atoms with Gasteiger partial charge in [-0.15, -0.1) is 10.2 Å². The summed E-state index contributed by atoms with van der Waals surface area (Å²) in [5, 5.41) is 19.5. The van der Waals surface area contributed by atoms with Crippen molar-refractivity contribution in [3.8, 4) is 11.8 Å². The van der Waals surface area contributed by atoms with Crippen LogP contribution in [-0.2, 0) is 16.1 Å². The monoisotopic (exact) mass is 438 g/mol. The Kier molecular flexibility index (Phi) is 7.61. The number of esters is 1. The van der Waals surface area contributed by atoms with E-state index < -0.39 is 5.97 Å². The Morgan fingerprint density at radius 1 is 1.13 bits per heavy atom. The van der Waals surface area contributed by atoms with Gasteiger partial charge in [-0.3, -0.25) is 4.79 Å². The summed E-state index contributed by atoms with van der Waals surface area (Å²) in [4.78, 5) is 23.8.